The molecule has 0 unspecified atom stereocenters. The quantitative estimate of drug-likeness (QED) is 0.552. The number of nitrogens with zero attached hydrogens (tertiary/aromatic N) is 3. The summed E-state index contributed by atoms with van der Waals surface area (Å²) in [7, 11) is 0. The molecule has 0 bridgehead atoms. The number of nitrogens with one attached hydrogen (secondary N) is 1. The van der Waals surface area contributed by atoms with Crippen molar-refractivity contribution in [2.24, 2.45) is 0 Å². The number of thiol groups is 1. The van der Waals surface area contributed by atoms with E-state index in [9.17, 15) is 0 Å². The van der Waals surface area contributed by atoms with E-state index in [1.165, 1.54) is 11.1 Å². The summed E-state index contributed by atoms with van der Waals surface area (Å²) in [4.78, 5) is 0. The van der Waals surface area contributed by atoms with Gasteiger partial charge in [-0.2, -0.15) is 10.2 Å². The number of fused-ring (bicyclic) bond motifs is 2. The second-order valence-corrected chi connectivity index (χ2v) is 6.10. The fraction of sp³-hybridized carbons (Fsp3) is 0.176. The molecule has 0 amide bonds. The van der Waals surface area contributed by atoms with E-state index < -0.39 is 0 Å². The summed E-state index contributed by atoms with van der Waals surface area (Å²) in [6.07, 6.45) is 0. The van der Waals surface area contributed by atoms with Crippen molar-refractivity contribution in [3.05, 3.63) is 53.2 Å². The van der Waals surface area contributed by atoms with Crippen LogP contribution in [0.3, 0.4) is 0 Å². The Bertz CT molecular complexity index is 997. The highest BCUT2D eigenvalue weighted by atomic mass is 32.1. The van der Waals surface area contributed by atoms with E-state index in [0.29, 0.717) is 6.54 Å². The van der Waals surface area contributed by atoms with E-state index in [0.717, 1.165) is 32.5 Å². The number of benzene rings is 2. The van der Waals surface area contributed by atoms with Crippen LogP contribution in [-0.4, -0.2) is 20.0 Å². The SMILES string of the molecule is Cc1cc(C)c2[nH]nc(Cn3nc(S)c4ccccc43)c2c1. The minimum Gasteiger partial charge on any atom is -0.277 e. The summed E-state index contributed by atoms with van der Waals surface area (Å²) in [5.74, 6) is 0. The first-order valence-corrected chi connectivity index (χ1v) is 7.67. The molecule has 0 saturated heterocycles. The lowest BCUT2D eigenvalue weighted by molar-refractivity contribution is 0.676. The number of hydrogen-bond donors (Lipinski definition) is 2. The van der Waals surface area contributed by atoms with Gasteiger partial charge in [-0.1, -0.05) is 29.8 Å². The molecule has 0 atom stereocenters. The van der Waals surface area contributed by atoms with Crippen molar-refractivity contribution in [1.82, 2.24) is 20.0 Å². The molecular weight excluding hydrogens is 292 g/mol. The van der Waals surface area contributed by atoms with E-state index in [-0.39, 0.29) is 0 Å². The van der Waals surface area contributed by atoms with Crippen LogP contribution in [0.25, 0.3) is 21.8 Å². The summed E-state index contributed by atoms with van der Waals surface area (Å²) < 4.78 is 1.96. The van der Waals surface area contributed by atoms with Gasteiger partial charge in [-0.3, -0.25) is 9.78 Å². The second-order valence-electron chi connectivity index (χ2n) is 5.67. The van der Waals surface area contributed by atoms with Crippen molar-refractivity contribution in [2.75, 3.05) is 0 Å². The molecule has 0 fully saturated rings. The van der Waals surface area contributed by atoms with Gasteiger partial charge < -0.3 is 0 Å². The minimum atomic E-state index is 0.629. The molecule has 1 N–H and O–H groups in total. The Morgan fingerprint density at radius 1 is 1.14 bits per heavy atom. The Hall–Kier alpha value is -2.27. The zero-order chi connectivity index (χ0) is 15.3. The van der Waals surface area contributed by atoms with Crippen molar-refractivity contribution in [3.8, 4) is 0 Å². The zero-order valence-electron chi connectivity index (χ0n) is 12.5. The monoisotopic (exact) mass is 308 g/mol. The van der Waals surface area contributed by atoms with Gasteiger partial charge in [0.25, 0.3) is 0 Å². The lowest BCUT2D eigenvalue weighted by atomic mass is 10.1. The molecule has 0 aliphatic carbocycles. The maximum absolute atomic E-state index is 4.54. The van der Waals surface area contributed by atoms with Crippen molar-refractivity contribution in [1.29, 1.82) is 0 Å². The number of hydrogen-bond acceptors (Lipinski definition) is 3. The number of aromatic amines is 1. The van der Waals surface area contributed by atoms with Crippen LogP contribution in [0.1, 0.15) is 16.8 Å². The Kier molecular flexibility index (Phi) is 2.97. The lowest BCUT2D eigenvalue weighted by Gasteiger charge is -2.03. The van der Waals surface area contributed by atoms with Gasteiger partial charge in [0.2, 0.25) is 0 Å². The van der Waals surface area contributed by atoms with Gasteiger partial charge in [0.15, 0.2) is 0 Å². The highest BCUT2D eigenvalue weighted by Crippen LogP contribution is 2.25. The molecule has 0 saturated carbocycles. The maximum atomic E-state index is 4.54. The molecule has 4 nitrogen and oxygen atoms in total. The van der Waals surface area contributed by atoms with E-state index in [2.05, 4.69) is 60.0 Å². The van der Waals surface area contributed by atoms with Crippen molar-refractivity contribution in [3.63, 3.8) is 0 Å². The third-order valence-electron chi connectivity index (χ3n) is 4.03. The van der Waals surface area contributed by atoms with Crippen LogP contribution in [0, 0.1) is 13.8 Å². The number of rotatable bonds is 2. The van der Waals surface area contributed by atoms with E-state index in [1.54, 1.807) is 0 Å². The number of H-pyrrole nitrogens is 1. The topological polar surface area (TPSA) is 46.5 Å². The van der Waals surface area contributed by atoms with Crippen LogP contribution in [0.5, 0.6) is 0 Å². The molecule has 2 aromatic heterocycles. The maximum Gasteiger partial charge on any atom is 0.123 e. The molecule has 0 aliphatic rings. The molecule has 0 spiro atoms. The molecule has 4 aromatic rings. The predicted molar refractivity (Wildman–Crippen MR) is 91.7 cm³/mol. The lowest BCUT2D eigenvalue weighted by Crippen LogP contribution is -2.02. The third kappa shape index (κ3) is 2.01. The van der Waals surface area contributed by atoms with Gasteiger partial charge in [-0.15, -0.1) is 12.6 Å². The first-order valence-electron chi connectivity index (χ1n) is 7.22. The first kappa shape index (κ1) is 13.4. The van der Waals surface area contributed by atoms with Crippen LogP contribution in [0.4, 0.5) is 0 Å². The van der Waals surface area contributed by atoms with Crippen molar-refractivity contribution < 1.29 is 0 Å². The van der Waals surface area contributed by atoms with Crippen LogP contribution < -0.4 is 0 Å². The van der Waals surface area contributed by atoms with Gasteiger partial charge in [0.05, 0.1) is 23.3 Å². The molecule has 2 heterocycles. The fourth-order valence-electron chi connectivity index (χ4n) is 3.02. The molecular formula is C17H16N4S. The number of aromatic nitrogens is 4. The number of aryl methyl sites for hydroxylation is 2. The molecule has 4 rings (SSSR count). The summed E-state index contributed by atoms with van der Waals surface area (Å²) in [6.45, 7) is 4.84. The minimum absolute atomic E-state index is 0.629. The average molecular weight is 308 g/mol. The average Bonchev–Trinajstić information content (AvgIpc) is 3.03. The smallest absolute Gasteiger partial charge is 0.123 e. The fourth-order valence-corrected chi connectivity index (χ4v) is 3.32. The van der Waals surface area contributed by atoms with Gasteiger partial charge >= 0.3 is 0 Å². The molecule has 5 heteroatoms. The van der Waals surface area contributed by atoms with Crippen LogP contribution >= 0.6 is 12.6 Å². The largest absolute Gasteiger partial charge is 0.277 e. The Labute approximate surface area is 133 Å². The van der Waals surface area contributed by atoms with Crippen LogP contribution in [-0.2, 0) is 6.54 Å². The van der Waals surface area contributed by atoms with E-state index >= 15 is 0 Å². The van der Waals surface area contributed by atoms with Gasteiger partial charge in [0, 0.05) is 10.8 Å². The Morgan fingerprint density at radius 2 is 1.95 bits per heavy atom. The summed E-state index contributed by atoms with van der Waals surface area (Å²) in [5.41, 5.74) is 5.64. The number of para-hydroxylation sites is 1. The highest BCUT2D eigenvalue weighted by molar-refractivity contribution is 7.80. The Balaban J connectivity index is 1.86. The van der Waals surface area contributed by atoms with Gasteiger partial charge in [-0.25, -0.2) is 0 Å². The zero-order valence-corrected chi connectivity index (χ0v) is 13.4. The summed E-state index contributed by atoms with van der Waals surface area (Å²) >= 11 is 4.47. The third-order valence-corrected chi connectivity index (χ3v) is 4.36. The van der Waals surface area contributed by atoms with Gasteiger partial charge in [0.1, 0.15) is 5.03 Å². The molecule has 0 aliphatic heterocycles. The van der Waals surface area contributed by atoms with Crippen molar-refractivity contribution >= 4 is 34.4 Å². The van der Waals surface area contributed by atoms with Gasteiger partial charge in [-0.05, 0) is 31.5 Å². The standard InChI is InChI=1S/C17H16N4S/c1-10-7-11(2)16-13(8-10)14(18-19-16)9-21-15-6-4-3-5-12(15)17(22)20-21/h3-8H,9H2,1-2H3,(H,18,19)(H,20,22). The van der Waals surface area contributed by atoms with E-state index in [1.807, 2.05) is 22.9 Å². The molecule has 0 radical (unpaired) electrons. The normalized spacial score (nSPS) is 11.6. The second kappa shape index (κ2) is 4.88. The molecule has 110 valence electrons. The first-order chi connectivity index (χ1) is 10.6. The Morgan fingerprint density at radius 3 is 2.82 bits per heavy atom. The summed E-state index contributed by atoms with van der Waals surface area (Å²) in [5, 5.41) is 15.2. The predicted octanol–water partition coefficient (Wildman–Crippen LogP) is 3.87. The molecule has 2 aromatic carbocycles. The highest BCUT2D eigenvalue weighted by Gasteiger charge is 2.12. The van der Waals surface area contributed by atoms with Crippen molar-refractivity contribution in [2.45, 2.75) is 25.4 Å². The summed E-state index contributed by atoms with van der Waals surface area (Å²) in [6, 6.07) is 12.5. The van der Waals surface area contributed by atoms with Crippen LogP contribution in [0.2, 0.25) is 0 Å². The van der Waals surface area contributed by atoms with Crippen LogP contribution in [0.15, 0.2) is 41.4 Å². The van der Waals surface area contributed by atoms with E-state index in [4.69, 9.17) is 0 Å². The molecule has 22 heavy (non-hydrogen) atoms.